The molecule has 656 valence electrons. The van der Waals surface area contributed by atoms with Gasteiger partial charge in [0.2, 0.25) is 23.6 Å². The highest BCUT2D eigenvalue weighted by atomic mass is 127. The molecule has 2 amide bonds. The van der Waals surface area contributed by atoms with Gasteiger partial charge in [0.1, 0.15) is 44.9 Å². The molecule has 1 aliphatic rings. The molecule has 15 rings (SSSR count). The summed E-state index contributed by atoms with van der Waals surface area (Å²) in [6, 6.07) is 60.2. The van der Waals surface area contributed by atoms with E-state index in [9.17, 15) is 51.3 Å². The van der Waals surface area contributed by atoms with E-state index in [-0.39, 0.29) is 24.2 Å². The number of amides is 2. The smallest absolute Gasteiger partial charge is 0.421 e. The first kappa shape index (κ1) is 99.0. The number of anilines is 2. The molecule has 5 N–H and O–H groups in total. The molecule has 0 spiro atoms. The number of hydrogen-bond acceptors (Lipinski definition) is 19. The summed E-state index contributed by atoms with van der Waals surface area (Å²) >= 11 is 6.98. The van der Waals surface area contributed by atoms with Crippen LogP contribution in [0.15, 0.2) is 246 Å². The van der Waals surface area contributed by atoms with E-state index in [2.05, 4.69) is 164 Å². The van der Waals surface area contributed by atoms with Gasteiger partial charge in [-0.1, -0.05) is 127 Å². The Hall–Kier alpha value is -12.8. The fourth-order valence-electron chi connectivity index (χ4n) is 12.3. The average molecular weight is 2040 g/mol. The molecule has 128 heavy (non-hydrogen) atoms. The largest absolute Gasteiger partial charge is 0.481 e. The van der Waals surface area contributed by atoms with Gasteiger partial charge in [0, 0.05) is 90.1 Å². The maximum absolute atomic E-state index is 13.3. The first-order valence-electron chi connectivity index (χ1n) is 37.7. The van der Waals surface area contributed by atoms with Gasteiger partial charge >= 0.3 is 47.1 Å². The van der Waals surface area contributed by atoms with Gasteiger partial charge < -0.3 is 35.4 Å². The van der Waals surface area contributed by atoms with Crippen LogP contribution < -0.4 is 20.1 Å². The summed E-state index contributed by atoms with van der Waals surface area (Å²) in [4.78, 5) is 50.6. The van der Waals surface area contributed by atoms with Crippen LogP contribution in [0, 0.1) is 39.2 Å². The van der Waals surface area contributed by atoms with E-state index in [4.69, 9.17) is 30.2 Å². The zero-order valence-electron chi connectivity index (χ0n) is 68.7. The van der Waals surface area contributed by atoms with E-state index in [1.165, 1.54) is 0 Å². The van der Waals surface area contributed by atoms with Crippen molar-refractivity contribution in [1.82, 2.24) is 43.6 Å². The maximum atomic E-state index is 13.3. The Bertz CT molecular complexity index is 6670. The summed E-state index contributed by atoms with van der Waals surface area (Å²) in [6.07, 6.45) is 2.52. The molecule has 0 fully saturated rings. The number of nitrogens with zero attached hydrogens (tertiary/aromatic N) is 9. The number of hydrogen-bond donors (Lipinski definition) is 5. The molecule has 5 aromatic carbocycles. The molecule has 14 aromatic rings. The number of para-hydroxylation sites is 3. The third-order valence-corrected chi connectivity index (χ3v) is 19.3. The van der Waals surface area contributed by atoms with Gasteiger partial charge in [-0.05, 0) is 233 Å². The second kappa shape index (κ2) is 45.1. The van der Waals surface area contributed by atoms with Gasteiger partial charge in [-0.2, -0.15) is 51.6 Å². The van der Waals surface area contributed by atoms with Crippen molar-refractivity contribution >= 4 is 152 Å². The number of alkyl halides is 6. The standard InChI is InChI=1S/C33H27F3N4O3.C28H24F3N3O3.C18H15BrN2O.C13H8BrIN2.3O2S/c1-32(2,42)14-13-27-17-23-16-24(19-37-30(23)40(27)26-7-5-4-6-8-26)22-11-9-21(10-12-22)15-29(41)39-25-18-28(33(34,35)36)31(43-3)38-20-25;1-27(2,36)9-8-18-10-20-13-21(15-32-24(20)11-18)19-6-4-17(5-7-19)12-25(35)34-22-14-23(28(29,30)31)26(37-3)33-16-22;1-18(2,22)9-8-16-11-13-10-14(19)12-20-17(13)21(16)15-6-4-3-5-7-15;14-10-6-9-7-12(15)17(13(9)16-8-10)11-4-2-1-3-5-11;3*1-3-2/h4-12,16-20,42H,15H2,1-3H3,(H,39,41);4-7,10,13-16,36H,11-12H2,1-3H3,(H,34,35);3-7,10-12,22H,1-2H3;1-8H;;;. The highest BCUT2D eigenvalue weighted by molar-refractivity contribution is 14.1. The van der Waals surface area contributed by atoms with Gasteiger partial charge in [-0.25, -0.2) is 24.9 Å². The Labute approximate surface area is 771 Å². The number of pyridine rings is 6. The third kappa shape index (κ3) is 28.6. The van der Waals surface area contributed by atoms with E-state index >= 15 is 0 Å². The molecule has 0 saturated heterocycles. The summed E-state index contributed by atoms with van der Waals surface area (Å²) in [7, 11) is 2.20. The topological polar surface area (TPSA) is 332 Å². The summed E-state index contributed by atoms with van der Waals surface area (Å²) < 4.78 is 148. The Morgan fingerprint density at radius 1 is 0.445 bits per heavy atom. The lowest BCUT2D eigenvalue weighted by Gasteiger charge is -2.13. The van der Waals surface area contributed by atoms with Gasteiger partial charge in [0.25, 0.3) is 0 Å². The summed E-state index contributed by atoms with van der Waals surface area (Å²) in [5.74, 6) is 15.6. The van der Waals surface area contributed by atoms with E-state index in [1.807, 2.05) is 155 Å². The molecule has 0 unspecified atom stereocenters. The van der Waals surface area contributed by atoms with Crippen LogP contribution in [0.4, 0.5) is 37.7 Å². The quantitative estimate of drug-likeness (QED) is 0.0407. The minimum Gasteiger partial charge on any atom is -0.481 e. The van der Waals surface area contributed by atoms with E-state index < -0.39 is 98.6 Å². The number of ether oxygens (including phenoxy) is 2. The molecule has 1 aliphatic carbocycles. The van der Waals surface area contributed by atoms with Crippen molar-refractivity contribution in [3.8, 4) is 86.6 Å². The second-order valence-corrected chi connectivity index (χ2v) is 32.3. The molecule has 36 heteroatoms. The van der Waals surface area contributed by atoms with Crippen molar-refractivity contribution < 1.29 is 86.0 Å². The monoisotopic (exact) mass is 2040 g/mol. The molecule has 0 radical (unpaired) electrons. The predicted molar refractivity (Wildman–Crippen MR) is 492 cm³/mol. The van der Waals surface area contributed by atoms with E-state index in [0.717, 1.165) is 141 Å². The summed E-state index contributed by atoms with van der Waals surface area (Å²) in [5, 5.41) is 37.7. The zero-order chi connectivity index (χ0) is 93.3. The number of rotatable bonds is 13. The number of fused-ring (bicyclic) bond motifs is 4. The highest BCUT2D eigenvalue weighted by Crippen LogP contribution is 2.39. The number of aliphatic hydroxyl groups is 3. The number of aromatic nitrogens is 9. The molecule has 9 aromatic heterocycles. The number of carbonyl (C=O) groups excluding carboxylic acids is 2. The number of carbonyl (C=O) groups is 2. The zero-order valence-corrected chi connectivity index (χ0v) is 76.5. The number of allylic oxidation sites excluding steroid dienone is 1. The van der Waals surface area contributed by atoms with E-state index in [0.29, 0.717) is 28.9 Å². The van der Waals surface area contributed by atoms with Gasteiger partial charge in [0.15, 0.2) is 0 Å². The average Bonchev–Trinajstić information content (AvgIpc) is 1.65. The lowest BCUT2D eigenvalue weighted by molar-refractivity contribution is -0.139. The number of methoxy groups -OCH3 is 2. The van der Waals surface area contributed by atoms with Crippen molar-refractivity contribution in [1.29, 1.82) is 0 Å². The normalized spacial score (nSPS) is 11.3. The van der Waals surface area contributed by atoms with Gasteiger partial charge in [0.05, 0.1) is 71.6 Å². The van der Waals surface area contributed by atoms with Crippen molar-refractivity contribution in [2.45, 2.75) is 90.0 Å². The minimum atomic E-state index is -4.68. The number of benzene rings is 5. The lowest BCUT2D eigenvalue weighted by atomic mass is 10.0. The fourth-order valence-corrected chi connectivity index (χ4v) is 13.9. The Balaban J connectivity index is 0.000000196. The SMILES string of the molecule is Brc1cnc2c(c1)cc(I)n2-c1ccccc1.CC(C)(O)C#Cc1cc2cc(Br)cnc2n1-c1ccccc1.COc1ncc(NC(=O)Cc2ccc(-c3cnc4c(c3)C=C(C#CC(C)(C)O)C4)cc2)cc1C(F)(F)F.COc1ncc(NC(=O)Cc2ccc(-c3cnc4c(c3)cc(C#CC(C)(C)O)n4-c3ccccc3)cc2)cc1C(F)(F)F.O=S=O.O=S=O.O=S=O. The van der Waals surface area contributed by atoms with Crippen LogP contribution in [-0.4, -0.2) is 127 Å². The minimum absolute atomic E-state index is 0.0257. The number of nitrogens with one attached hydrogen (secondary N) is 2. The molecule has 0 atom stereocenters. The van der Waals surface area contributed by atoms with Gasteiger partial charge in [-0.15, -0.1) is 0 Å². The molecular weight excluding hydrogens is 1960 g/mol. The van der Waals surface area contributed by atoms with Crippen LogP contribution >= 0.6 is 54.5 Å². The molecule has 0 aliphatic heterocycles. The van der Waals surface area contributed by atoms with E-state index in [1.54, 1.807) is 84.4 Å². The van der Waals surface area contributed by atoms with Crippen molar-refractivity contribution in [2.75, 3.05) is 24.9 Å². The van der Waals surface area contributed by atoms with Crippen LogP contribution in [-0.2, 0) is 75.9 Å². The van der Waals surface area contributed by atoms with Crippen LogP contribution in [0.2, 0.25) is 0 Å². The molecule has 0 bridgehead atoms. The van der Waals surface area contributed by atoms with Crippen LogP contribution in [0.5, 0.6) is 11.8 Å². The lowest BCUT2D eigenvalue weighted by Crippen LogP contribution is -2.16. The second-order valence-electron chi connectivity index (χ2n) is 28.9. The van der Waals surface area contributed by atoms with Crippen LogP contribution in [0.3, 0.4) is 0 Å². The van der Waals surface area contributed by atoms with Crippen molar-refractivity contribution in [2.24, 2.45) is 0 Å². The highest BCUT2D eigenvalue weighted by Gasteiger charge is 2.37. The van der Waals surface area contributed by atoms with Crippen LogP contribution in [0.1, 0.15) is 86.4 Å². The molecular formula is C92H74Br2F6IN11O13S3. The fraction of sp³-hybridized carbons (Fsp3) is 0.174. The molecule has 0 saturated carbocycles. The van der Waals surface area contributed by atoms with Crippen molar-refractivity contribution in [3.05, 3.63) is 294 Å². The first-order chi connectivity index (χ1) is 60.8. The first-order valence-corrected chi connectivity index (χ1v) is 42.3. The Kier molecular flexibility index (Phi) is 34.8. The molecule has 9 heterocycles. The summed E-state index contributed by atoms with van der Waals surface area (Å²) in [5.41, 5.74) is 9.15. The maximum Gasteiger partial charge on any atom is 0.421 e. The summed E-state index contributed by atoms with van der Waals surface area (Å²) in [6.45, 7) is 9.85. The van der Waals surface area contributed by atoms with Crippen molar-refractivity contribution in [3.63, 3.8) is 0 Å². The predicted octanol–water partition coefficient (Wildman–Crippen LogP) is 17.8. The molecule has 24 nitrogen and oxygen atoms in total. The Morgan fingerprint density at radius 2 is 0.797 bits per heavy atom. The third-order valence-electron chi connectivity index (χ3n) is 17.6. The Morgan fingerprint density at radius 3 is 1.19 bits per heavy atom. The number of halogens is 9. The van der Waals surface area contributed by atoms with Crippen LogP contribution in [0.25, 0.3) is 78.5 Å². The van der Waals surface area contributed by atoms with Gasteiger partial charge in [-0.3, -0.25) is 28.3 Å².